The van der Waals surface area contributed by atoms with E-state index in [1.807, 2.05) is 0 Å². The molecule has 0 aromatic heterocycles. The molecule has 5 aliphatic rings. The zero-order valence-electron chi connectivity index (χ0n) is 22.1. The van der Waals surface area contributed by atoms with Crippen molar-refractivity contribution in [1.82, 2.24) is 5.32 Å². The van der Waals surface area contributed by atoms with Gasteiger partial charge in [0.1, 0.15) is 0 Å². The molecular formula is C34H43N3. The van der Waals surface area contributed by atoms with Crippen molar-refractivity contribution in [3.8, 4) is 0 Å². The van der Waals surface area contributed by atoms with Crippen molar-refractivity contribution in [2.45, 2.75) is 63.8 Å². The maximum absolute atomic E-state index is 6.63. The zero-order chi connectivity index (χ0) is 25.5. The van der Waals surface area contributed by atoms with Crippen molar-refractivity contribution >= 4 is 0 Å². The summed E-state index contributed by atoms with van der Waals surface area (Å²) in [7, 11) is 0. The topological polar surface area (TPSA) is 64.1 Å². The van der Waals surface area contributed by atoms with Gasteiger partial charge >= 0.3 is 0 Å². The monoisotopic (exact) mass is 493 g/mol. The van der Waals surface area contributed by atoms with Crippen LogP contribution in [0.2, 0.25) is 0 Å². The second kappa shape index (κ2) is 12.5. The van der Waals surface area contributed by atoms with Gasteiger partial charge in [0, 0.05) is 35.8 Å². The summed E-state index contributed by atoms with van der Waals surface area (Å²) in [5.74, 6) is 1.25. The molecule has 0 bridgehead atoms. The molecule has 0 amide bonds. The maximum Gasteiger partial charge on any atom is 0.0346 e. The van der Waals surface area contributed by atoms with E-state index < -0.39 is 0 Å². The Kier molecular flexibility index (Phi) is 8.63. The molecule has 3 nitrogen and oxygen atoms in total. The molecular weight excluding hydrogens is 450 g/mol. The van der Waals surface area contributed by atoms with Gasteiger partial charge in [0.15, 0.2) is 0 Å². The average molecular weight is 494 g/mol. The van der Waals surface area contributed by atoms with Gasteiger partial charge in [-0.15, -0.1) is 0 Å². The van der Waals surface area contributed by atoms with Gasteiger partial charge in [-0.3, -0.25) is 0 Å². The van der Waals surface area contributed by atoms with Gasteiger partial charge in [0.25, 0.3) is 0 Å². The lowest BCUT2D eigenvalue weighted by molar-refractivity contribution is 0.431. The van der Waals surface area contributed by atoms with Gasteiger partial charge in [-0.2, -0.15) is 0 Å². The maximum atomic E-state index is 6.63. The van der Waals surface area contributed by atoms with Gasteiger partial charge < -0.3 is 16.8 Å². The highest BCUT2D eigenvalue weighted by molar-refractivity contribution is 5.47. The fourth-order valence-electron chi connectivity index (χ4n) is 6.23. The predicted octanol–water partition coefficient (Wildman–Crippen LogP) is 6.99. The van der Waals surface area contributed by atoms with E-state index in [-0.39, 0.29) is 6.04 Å². The molecule has 5 N–H and O–H groups in total. The summed E-state index contributed by atoms with van der Waals surface area (Å²) < 4.78 is 0. The molecule has 3 heteroatoms. The largest absolute Gasteiger partial charge is 0.402 e. The highest BCUT2D eigenvalue weighted by atomic mass is 14.9. The van der Waals surface area contributed by atoms with E-state index in [1.54, 1.807) is 0 Å². The van der Waals surface area contributed by atoms with Crippen LogP contribution < -0.4 is 16.8 Å². The van der Waals surface area contributed by atoms with Crippen molar-refractivity contribution < 1.29 is 0 Å². The molecule has 0 spiro atoms. The van der Waals surface area contributed by atoms with Gasteiger partial charge in [0.05, 0.1) is 0 Å². The molecule has 194 valence electrons. The number of hydrogen-bond acceptors (Lipinski definition) is 3. The molecule has 0 saturated heterocycles. The molecule has 5 rings (SSSR count). The lowest BCUT2D eigenvalue weighted by Crippen LogP contribution is -2.37. The van der Waals surface area contributed by atoms with Crippen LogP contribution in [0.5, 0.6) is 0 Å². The van der Waals surface area contributed by atoms with E-state index in [1.165, 1.54) is 41.6 Å². The standard InChI is InChI=1S/C34H43N3/c35-32-20-8-7-19-31(32)30-18-10-17-29(22-30)28-16-9-11-25(21-28)24-37-34(27-14-5-2-6-15-27)23-33(36)26-12-3-1-4-13-26/h1,3-5,8,10,12,14,16-18,20-21,23,26-27,29,34,37H,2,6-7,9,11,13,15,19,22,24,35-36H2/b33-23-. The second-order valence-corrected chi connectivity index (χ2v) is 11.1. The van der Waals surface area contributed by atoms with Crippen LogP contribution in [0.4, 0.5) is 0 Å². The van der Waals surface area contributed by atoms with Crippen LogP contribution in [-0.4, -0.2) is 12.6 Å². The SMILES string of the molecule is NC1=C(C2=CC=CC(C3=CCCC(CNC(/C=C(\N)C4C=CC=CC4)C4C=CCCC4)=C3)C2)CCC=C1. The van der Waals surface area contributed by atoms with E-state index in [0.717, 1.165) is 56.5 Å². The second-order valence-electron chi connectivity index (χ2n) is 11.1. The Balaban J connectivity index is 1.26. The van der Waals surface area contributed by atoms with Gasteiger partial charge in [0.2, 0.25) is 0 Å². The van der Waals surface area contributed by atoms with Gasteiger partial charge in [-0.1, -0.05) is 78.5 Å². The van der Waals surface area contributed by atoms with Crippen LogP contribution in [0.1, 0.15) is 57.8 Å². The predicted molar refractivity (Wildman–Crippen MR) is 157 cm³/mol. The van der Waals surface area contributed by atoms with Crippen LogP contribution in [0, 0.1) is 17.8 Å². The lowest BCUT2D eigenvalue weighted by Gasteiger charge is -2.29. The number of rotatable bonds is 8. The normalized spacial score (nSPS) is 28.7. The summed E-state index contributed by atoms with van der Waals surface area (Å²) in [4.78, 5) is 0. The first kappa shape index (κ1) is 25.6. The fourth-order valence-corrected chi connectivity index (χ4v) is 6.23. The molecule has 0 aromatic carbocycles. The Morgan fingerprint density at radius 3 is 2.78 bits per heavy atom. The molecule has 5 aliphatic carbocycles. The molecule has 0 aliphatic heterocycles. The zero-order valence-corrected chi connectivity index (χ0v) is 22.1. The third-order valence-corrected chi connectivity index (χ3v) is 8.42. The average Bonchev–Trinajstić information content (AvgIpc) is 2.96. The van der Waals surface area contributed by atoms with Crippen LogP contribution in [-0.2, 0) is 0 Å². The number of allylic oxidation sites excluding steroid dienone is 15. The van der Waals surface area contributed by atoms with Crippen LogP contribution in [0.15, 0.2) is 119 Å². The number of nitrogens with two attached hydrogens (primary N) is 2. The van der Waals surface area contributed by atoms with Gasteiger partial charge in [-0.25, -0.2) is 0 Å². The summed E-state index contributed by atoms with van der Waals surface area (Å²) in [5.41, 5.74) is 20.6. The Morgan fingerprint density at radius 1 is 1.03 bits per heavy atom. The number of hydrogen-bond donors (Lipinski definition) is 3. The summed E-state index contributed by atoms with van der Waals surface area (Å²) in [5, 5.41) is 3.91. The Hall–Kier alpha value is -3.04. The molecule has 4 atom stereocenters. The quantitative estimate of drug-likeness (QED) is 0.319. The third-order valence-electron chi connectivity index (χ3n) is 8.42. The highest BCUT2D eigenvalue weighted by Gasteiger charge is 2.23. The minimum atomic E-state index is 0.268. The first-order chi connectivity index (χ1) is 18.2. The minimum Gasteiger partial charge on any atom is -0.402 e. The first-order valence-electron chi connectivity index (χ1n) is 14.3. The van der Waals surface area contributed by atoms with Crippen molar-refractivity contribution in [3.63, 3.8) is 0 Å². The molecule has 0 saturated carbocycles. The van der Waals surface area contributed by atoms with E-state index in [4.69, 9.17) is 11.5 Å². The third kappa shape index (κ3) is 6.64. The van der Waals surface area contributed by atoms with E-state index in [2.05, 4.69) is 90.4 Å². The highest BCUT2D eigenvalue weighted by Crippen LogP contribution is 2.36. The van der Waals surface area contributed by atoms with Crippen molar-refractivity contribution in [2.75, 3.05) is 6.54 Å². The van der Waals surface area contributed by atoms with E-state index >= 15 is 0 Å². The van der Waals surface area contributed by atoms with Gasteiger partial charge in [-0.05, 0) is 92.6 Å². The Bertz CT molecular complexity index is 1150. The molecule has 0 aromatic rings. The lowest BCUT2D eigenvalue weighted by atomic mass is 9.80. The molecule has 0 radical (unpaired) electrons. The molecule has 4 unspecified atom stereocenters. The smallest absolute Gasteiger partial charge is 0.0346 e. The van der Waals surface area contributed by atoms with Crippen molar-refractivity contribution in [3.05, 3.63) is 119 Å². The summed E-state index contributed by atoms with van der Waals surface area (Å²) in [6.07, 6.45) is 41.9. The van der Waals surface area contributed by atoms with Crippen molar-refractivity contribution in [1.29, 1.82) is 0 Å². The summed E-state index contributed by atoms with van der Waals surface area (Å²) in [6.45, 7) is 0.915. The summed E-state index contributed by atoms with van der Waals surface area (Å²) >= 11 is 0. The van der Waals surface area contributed by atoms with Crippen LogP contribution >= 0.6 is 0 Å². The fraction of sp³-hybridized carbons (Fsp3) is 0.412. The Morgan fingerprint density at radius 2 is 1.97 bits per heavy atom. The molecule has 0 fully saturated rings. The first-order valence-corrected chi connectivity index (χ1v) is 14.3. The summed E-state index contributed by atoms with van der Waals surface area (Å²) in [6, 6.07) is 0.268. The Labute approximate surface area is 223 Å². The van der Waals surface area contributed by atoms with Crippen molar-refractivity contribution in [2.24, 2.45) is 29.2 Å². The van der Waals surface area contributed by atoms with Crippen LogP contribution in [0.3, 0.4) is 0 Å². The molecule has 37 heavy (non-hydrogen) atoms. The van der Waals surface area contributed by atoms with E-state index in [0.29, 0.717) is 17.8 Å². The van der Waals surface area contributed by atoms with E-state index in [9.17, 15) is 0 Å². The van der Waals surface area contributed by atoms with Crippen LogP contribution in [0.25, 0.3) is 0 Å². The minimum absolute atomic E-state index is 0.268. The molecule has 0 heterocycles. The number of nitrogens with one attached hydrogen (secondary N) is 1.